The standard InChI is InChI=1S/C41H78O10/c1-3-5-7-9-11-13-15-17-19-21-23-25-27-29-37(44)48-31-35(32-49-41(34-42)40(47)39(46)36(43)33-50-41)51-38(45)30-28-26-24-22-20-18-16-14-12-10-8-6-4-2/h35-36,39-40,42-43,46-47H,3-34H2,1-2H3/t35-,36+,39+,40-,41+/m0/s1. The van der Waals surface area contributed by atoms with Crippen LogP contribution >= 0.6 is 0 Å². The Morgan fingerprint density at radius 3 is 1.41 bits per heavy atom. The van der Waals surface area contributed by atoms with Gasteiger partial charge in [-0.05, 0) is 12.8 Å². The molecule has 5 atom stereocenters. The monoisotopic (exact) mass is 731 g/mol. The van der Waals surface area contributed by atoms with E-state index in [4.69, 9.17) is 18.9 Å². The number of unbranched alkanes of at least 4 members (excludes halogenated alkanes) is 24. The van der Waals surface area contributed by atoms with Gasteiger partial charge >= 0.3 is 11.9 Å². The fourth-order valence-corrected chi connectivity index (χ4v) is 6.62. The Morgan fingerprint density at radius 1 is 0.608 bits per heavy atom. The summed E-state index contributed by atoms with van der Waals surface area (Å²) in [7, 11) is 0. The Bertz CT molecular complexity index is 826. The molecule has 0 amide bonds. The summed E-state index contributed by atoms with van der Waals surface area (Å²) in [6, 6.07) is 0. The van der Waals surface area contributed by atoms with E-state index in [9.17, 15) is 30.0 Å². The van der Waals surface area contributed by atoms with Crippen LogP contribution in [-0.2, 0) is 28.5 Å². The third-order valence-corrected chi connectivity index (χ3v) is 10.1. The van der Waals surface area contributed by atoms with Gasteiger partial charge < -0.3 is 39.4 Å². The van der Waals surface area contributed by atoms with Gasteiger partial charge in [0.1, 0.15) is 31.5 Å². The van der Waals surface area contributed by atoms with E-state index >= 15 is 0 Å². The van der Waals surface area contributed by atoms with Gasteiger partial charge in [0.2, 0.25) is 5.79 Å². The van der Waals surface area contributed by atoms with Crippen molar-refractivity contribution >= 4 is 11.9 Å². The van der Waals surface area contributed by atoms with E-state index in [1.165, 1.54) is 122 Å². The number of ether oxygens (including phenoxy) is 4. The minimum Gasteiger partial charge on any atom is -0.462 e. The Balaban J connectivity index is 2.38. The van der Waals surface area contributed by atoms with Crippen LogP contribution in [0.1, 0.15) is 194 Å². The molecule has 1 rings (SSSR count). The highest BCUT2D eigenvalue weighted by molar-refractivity contribution is 5.70. The van der Waals surface area contributed by atoms with Gasteiger partial charge in [0, 0.05) is 12.8 Å². The largest absolute Gasteiger partial charge is 0.462 e. The second-order valence-corrected chi connectivity index (χ2v) is 14.9. The van der Waals surface area contributed by atoms with E-state index in [2.05, 4.69) is 13.8 Å². The molecule has 1 aliphatic rings. The molecule has 1 aliphatic heterocycles. The van der Waals surface area contributed by atoms with Gasteiger partial charge in [-0.2, -0.15) is 0 Å². The maximum atomic E-state index is 12.7. The fraction of sp³-hybridized carbons (Fsp3) is 0.951. The molecule has 0 bridgehead atoms. The van der Waals surface area contributed by atoms with E-state index in [1.54, 1.807) is 0 Å². The maximum Gasteiger partial charge on any atom is 0.306 e. The molecule has 1 heterocycles. The Morgan fingerprint density at radius 2 is 1.00 bits per heavy atom. The molecule has 10 nitrogen and oxygen atoms in total. The van der Waals surface area contributed by atoms with Crippen molar-refractivity contribution in [2.75, 3.05) is 26.4 Å². The molecule has 0 aliphatic carbocycles. The Labute approximate surface area is 310 Å². The van der Waals surface area contributed by atoms with Crippen LogP contribution in [0.25, 0.3) is 0 Å². The van der Waals surface area contributed by atoms with Crippen LogP contribution in [0.4, 0.5) is 0 Å². The summed E-state index contributed by atoms with van der Waals surface area (Å²) in [5.74, 6) is -2.85. The molecule has 302 valence electrons. The minimum atomic E-state index is -2.02. The quantitative estimate of drug-likeness (QED) is 0.0371. The average molecular weight is 731 g/mol. The van der Waals surface area contributed by atoms with Gasteiger partial charge in [-0.3, -0.25) is 9.59 Å². The summed E-state index contributed by atoms with van der Waals surface area (Å²) in [5.41, 5.74) is 0. The smallest absolute Gasteiger partial charge is 0.306 e. The zero-order valence-corrected chi connectivity index (χ0v) is 32.7. The first-order valence-electron chi connectivity index (χ1n) is 21.1. The predicted octanol–water partition coefficient (Wildman–Crippen LogP) is 8.22. The van der Waals surface area contributed by atoms with Crippen LogP contribution in [0.3, 0.4) is 0 Å². The zero-order valence-electron chi connectivity index (χ0n) is 32.7. The third kappa shape index (κ3) is 23.9. The lowest BCUT2D eigenvalue weighted by Gasteiger charge is -2.44. The molecule has 0 unspecified atom stereocenters. The highest BCUT2D eigenvalue weighted by Gasteiger charge is 2.51. The van der Waals surface area contributed by atoms with E-state index in [0.29, 0.717) is 6.42 Å². The van der Waals surface area contributed by atoms with Crippen molar-refractivity contribution in [3.63, 3.8) is 0 Å². The summed E-state index contributed by atoms with van der Waals surface area (Å²) in [5, 5.41) is 40.4. The zero-order chi connectivity index (χ0) is 37.4. The number of aliphatic hydroxyl groups is 4. The first kappa shape index (κ1) is 47.7. The van der Waals surface area contributed by atoms with Gasteiger partial charge in [0.05, 0.1) is 13.2 Å². The van der Waals surface area contributed by atoms with Gasteiger partial charge in [-0.15, -0.1) is 0 Å². The van der Waals surface area contributed by atoms with Crippen molar-refractivity contribution in [1.29, 1.82) is 0 Å². The van der Waals surface area contributed by atoms with Gasteiger partial charge in [0.25, 0.3) is 0 Å². The molecule has 1 fully saturated rings. The van der Waals surface area contributed by atoms with Gasteiger partial charge in [-0.25, -0.2) is 0 Å². The molecule has 0 saturated carbocycles. The van der Waals surface area contributed by atoms with E-state index < -0.39 is 42.8 Å². The number of carbonyl (C=O) groups is 2. The van der Waals surface area contributed by atoms with Crippen LogP contribution in [0, 0.1) is 0 Å². The number of aliphatic hydroxyl groups excluding tert-OH is 4. The first-order chi connectivity index (χ1) is 24.8. The van der Waals surface area contributed by atoms with Crippen LogP contribution in [-0.4, -0.2) is 89.0 Å². The molecule has 10 heteroatoms. The summed E-state index contributed by atoms with van der Waals surface area (Å²) in [6.07, 6.45) is 26.2. The van der Waals surface area contributed by atoms with Crippen LogP contribution in [0.15, 0.2) is 0 Å². The van der Waals surface area contributed by atoms with Crippen LogP contribution in [0.2, 0.25) is 0 Å². The normalized spacial score (nSPS) is 21.1. The molecule has 0 aromatic heterocycles. The number of carbonyl (C=O) groups excluding carboxylic acids is 2. The average Bonchev–Trinajstić information content (AvgIpc) is 3.13. The Hall–Kier alpha value is -1.30. The van der Waals surface area contributed by atoms with Crippen molar-refractivity contribution in [2.45, 2.75) is 224 Å². The van der Waals surface area contributed by atoms with E-state index in [0.717, 1.165) is 38.5 Å². The summed E-state index contributed by atoms with van der Waals surface area (Å²) in [4.78, 5) is 25.3. The maximum absolute atomic E-state index is 12.7. The summed E-state index contributed by atoms with van der Waals surface area (Å²) in [6.45, 7) is 2.72. The molecule has 1 saturated heterocycles. The van der Waals surface area contributed by atoms with Crippen molar-refractivity contribution in [3.05, 3.63) is 0 Å². The van der Waals surface area contributed by atoms with E-state index in [1.807, 2.05) is 0 Å². The second-order valence-electron chi connectivity index (χ2n) is 14.9. The van der Waals surface area contributed by atoms with Crippen molar-refractivity contribution in [2.24, 2.45) is 0 Å². The number of hydrogen-bond acceptors (Lipinski definition) is 10. The number of hydrogen-bond donors (Lipinski definition) is 4. The lowest BCUT2D eigenvalue weighted by atomic mass is 9.97. The number of rotatable bonds is 35. The lowest BCUT2D eigenvalue weighted by molar-refractivity contribution is -0.352. The topological polar surface area (TPSA) is 152 Å². The van der Waals surface area contributed by atoms with Crippen molar-refractivity contribution in [3.8, 4) is 0 Å². The molecule has 4 N–H and O–H groups in total. The summed E-state index contributed by atoms with van der Waals surface area (Å²) >= 11 is 0. The molecule has 51 heavy (non-hydrogen) atoms. The second kappa shape index (κ2) is 32.2. The minimum absolute atomic E-state index is 0.219. The molecule has 0 radical (unpaired) electrons. The molecular weight excluding hydrogens is 652 g/mol. The van der Waals surface area contributed by atoms with Crippen molar-refractivity contribution < 1.29 is 49.0 Å². The lowest BCUT2D eigenvalue weighted by Crippen LogP contribution is -2.64. The van der Waals surface area contributed by atoms with Gasteiger partial charge in [-0.1, -0.05) is 168 Å². The fourth-order valence-electron chi connectivity index (χ4n) is 6.62. The first-order valence-corrected chi connectivity index (χ1v) is 21.1. The molecule has 0 aromatic carbocycles. The Kier molecular flexibility index (Phi) is 30.1. The van der Waals surface area contributed by atoms with Crippen LogP contribution < -0.4 is 0 Å². The van der Waals surface area contributed by atoms with Crippen molar-refractivity contribution in [1.82, 2.24) is 0 Å². The predicted molar refractivity (Wildman–Crippen MR) is 201 cm³/mol. The summed E-state index contributed by atoms with van der Waals surface area (Å²) < 4.78 is 22.2. The van der Waals surface area contributed by atoms with Crippen LogP contribution in [0.5, 0.6) is 0 Å². The van der Waals surface area contributed by atoms with Gasteiger partial charge in [0.15, 0.2) is 6.10 Å². The molecular formula is C41H78O10. The molecule has 0 aromatic rings. The third-order valence-electron chi connectivity index (χ3n) is 10.1. The highest BCUT2D eigenvalue weighted by atomic mass is 16.7. The van der Waals surface area contributed by atoms with E-state index in [-0.39, 0.29) is 38.6 Å². The molecule has 0 spiro atoms. The SMILES string of the molecule is CCCCCCCCCCCCCCCC(=O)OC[C@@H](CO[C@]1(CO)OC[C@@H](O)[C@@H](O)[C@@H]1O)OC(=O)CCCCCCCCCCCCCCC. The highest BCUT2D eigenvalue weighted by Crippen LogP contribution is 2.28. The number of esters is 2.